The number of hydrogen-bond donors (Lipinski definition) is 1. The minimum atomic E-state index is -4.37. The molecule has 0 radical (unpaired) electrons. The highest BCUT2D eigenvalue weighted by Crippen LogP contribution is 2.36. The molecule has 1 amide bonds. The summed E-state index contributed by atoms with van der Waals surface area (Å²) in [6.45, 7) is 3.17. The standard InChI is InChI=1S/C15H26F3N3O2/c1-11(12-3-4-12)21(10-15(16,17)18)14(22)8-19-7-13-9-20(2)5-6-23-13/h11-13,19H,3-10H2,1-2H3/t11-,13+/m0/s1. The lowest BCUT2D eigenvalue weighted by atomic mass is 10.1. The third kappa shape index (κ3) is 6.27. The Hall–Kier alpha value is -0.860. The number of nitrogens with zero attached hydrogens (tertiary/aromatic N) is 2. The minimum Gasteiger partial charge on any atom is -0.374 e. The van der Waals surface area contributed by atoms with Crippen LogP contribution in [-0.4, -0.2) is 80.4 Å². The summed E-state index contributed by atoms with van der Waals surface area (Å²) in [7, 11) is 1.99. The molecule has 1 heterocycles. The molecule has 5 nitrogen and oxygen atoms in total. The Morgan fingerprint density at radius 1 is 1.43 bits per heavy atom. The minimum absolute atomic E-state index is 0.0292. The first-order valence-electron chi connectivity index (χ1n) is 8.13. The van der Waals surface area contributed by atoms with E-state index in [0.29, 0.717) is 13.2 Å². The second kappa shape index (κ2) is 7.81. The van der Waals surface area contributed by atoms with Crippen LogP contribution in [0.5, 0.6) is 0 Å². The van der Waals surface area contributed by atoms with Crippen molar-refractivity contribution in [3.63, 3.8) is 0 Å². The van der Waals surface area contributed by atoms with Crippen molar-refractivity contribution in [1.29, 1.82) is 0 Å². The molecule has 134 valence electrons. The number of rotatable bonds is 7. The Kier molecular flexibility index (Phi) is 6.27. The number of carbonyl (C=O) groups is 1. The number of likely N-dealkylation sites (N-methyl/N-ethyl adjacent to an activating group) is 1. The molecular weight excluding hydrogens is 311 g/mol. The number of nitrogens with one attached hydrogen (secondary N) is 1. The maximum Gasteiger partial charge on any atom is 0.406 e. The molecule has 2 rings (SSSR count). The summed E-state index contributed by atoms with van der Waals surface area (Å²) in [5, 5.41) is 2.95. The average molecular weight is 337 g/mol. The van der Waals surface area contributed by atoms with Crippen LogP contribution in [0.4, 0.5) is 13.2 Å². The second-order valence-electron chi connectivity index (χ2n) is 6.60. The number of amides is 1. The number of halogens is 3. The lowest BCUT2D eigenvalue weighted by Crippen LogP contribution is -2.50. The van der Waals surface area contributed by atoms with Crippen molar-refractivity contribution in [1.82, 2.24) is 15.1 Å². The fraction of sp³-hybridized carbons (Fsp3) is 0.933. The van der Waals surface area contributed by atoms with E-state index < -0.39 is 18.6 Å². The number of hydrogen-bond acceptors (Lipinski definition) is 4. The topological polar surface area (TPSA) is 44.8 Å². The molecule has 0 aromatic heterocycles. The first-order valence-corrected chi connectivity index (χ1v) is 8.13. The predicted molar refractivity (Wildman–Crippen MR) is 80.1 cm³/mol. The second-order valence-corrected chi connectivity index (χ2v) is 6.60. The van der Waals surface area contributed by atoms with Crippen molar-refractivity contribution >= 4 is 5.91 Å². The van der Waals surface area contributed by atoms with Gasteiger partial charge < -0.3 is 19.9 Å². The van der Waals surface area contributed by atoms with Gasteiger partial charge in [-0.25, -0.2) is 0 Å². The van der Waals surface area contributed by atoms with Crippen molar-refractivity contribution in [2.45, 2.75) is 38.1 Å². The van der Waals surface area contributed by atoms with E-state index >= 15 is 0 Å². The summed E-state index contributed by atoms with van der Waals surface area (Å²) in [6.07, 6.45) is -2.59. The van der Waals surface area contributed by atoms with Crippen molar-refractivity contribution in [3.8, 4) is 0 Å². The molecule has 8 heteroatoms. The van der Waals surface area contributed by atoms with Gasteiger partial charge in [0.2, 0.25) is 5.91 Å². The van der Waals surface area contributed by atoms with Gasteiger partial charge in [0.25, 0.3) is 0 Å². The van der Waals surface area contributed by atoms with Crippen LogP contribution in [-0.2, 0) is 9.53 Å². The summed E-state index contributed by atoms with van der Waals surface area (Å²) in [4.78, 5) is 15.3. The molecule has 1 aliphatic heterocycles. The molecule has 1 aliphatic carbocycles. The Morgan fingerprint density at radius 2 is 2.13 bits per heavy atom. The van der Waals surface area contributed by atoms with Crippen LogP contribution in [0.15, 0.2) is 0 Å². The zero-order valence-electron chi connectivity index (χ0n) is 13.7. The molecule has 2 atom stereocenters. The Labute approximate surface area is 135 Å². The Balaban J connectivity index is 1.79. The molecular formula is C15H26F3N3O2. The van der Waals surface area contributed by atoms with Gasteiger partial charge in [-0.15, -0.1) is 0 Å². The molecule has 2 fully saturated rings. The van der Waals surface area contributed by atoms with Crippen molar-refractivity contribution in [2.24, 2.45) is 5.92 Å². The van der Waals surface area contributed by atoms with Gasteiger partial charge in [-0.3, -0.25) is 4.79 Å². The zero-order chi connectivity index (χ0) is 17.0. The monoisotopic (exact) mass is 337 g/mol. The molecule has 23 heavy (non-hydrogen) atoms. The van der Waals surface area contributed by atoms with E-state index in [-0.39, 0.29) is 24.6 Å². The first-order chi connectivity index (χ1) is 10.8. The van der Waals surface area contributed by atoms with Crippen molar-refractivity contribution in [2.75, 3.05) is 46.4 Å². The van der Waals surface area contributed by atoms with Gasteiger partial charge in [0.15, 0.2) is 0 Å². The van der Waals surface area contributed by atoms with Crippen LogP contribution in [0.2, 0.25) is 0 Å². The number of ether oxygens (including phenoxy) is 1. The van der Waals surface area contributed by atoms with E-state index in [9.17, 15) is 18.0 Å². The summed E-state index contributed by atoms with van der Waals surface area (Å²) in [5.74, 6) is -0.289. The molecule has 0 bridgehead atoms. The highest BCUT2D eigenvalue weighted by molar-refractivity contribution is 5.78. The normalized spacial score (nSPS) is 24.5. The lowest BCUT2D eigenvalue weighted by Gasteiger charge is -2.32. The molecule has 0 aromatic carbocycles. The van der Waals surface area contributed by atoms with E-state index in [1.807, 2.05) is 7.05 Å². The van der Waals surface area contributed by atoms with Gasteiger partial charge in [-0.2, -0.15) is 13.2 Å². The zero-order valence-corrected chi connectivity index (χ0v) is 13.7. The van der Waals surface area contributed by atoms with E-state index in [1.165, 1.54) is 0 Å². The third-order valence-corrected chi connectivity index (χ3v) is 4.46. The van der Waals surface area contributed by atoms with Gasteiger partial charge >= 0.3 is 6.18 Å². The average Bonchev–Trinajstić information content (AvgIpc) is 3.27. The number of alkyl halides is 3. The number of morpholine rings is 1. The van der Waals surface area contributed by atoms with Gasteiger partial charge in [0.05, 0.1) is 19.3 Å². The van der Waals surface area contributed by atoms with Crippen LogP contribution in [0, 0.1) is 5.92 Å². The first kappa shape index (κ1) is 18.5. The third-order valence-electron chi connectivity index (χ3n) is 4.46. The molecule has 1 saturated heterocycles. The Bertz CT molecular complexity index is 402. The van der Waals surface area contributed by atoms with Crippen molar-refractivity contribution < 1.29 is 22.7 Å². The van der Waals surface area contributed by atoms with Crippen LogP contribution in [0.3, 0.4) is 0 Å². The van der Waals surface area contributed by atoms with Crippen LogP contribution >= 0.6 is 0 Å². The largest absolute Gasteiger partial charge is 0.406 e. The highest BCUT2D eigenvalue weighted by Gasteiger charge is 2.40. The fourth-order valence-corrected chi connectivity index (χ4v) is 2.92. The molecule has 1 saturated carbocycles. The molecule has 0 unspecified atom stereocenters. The van der Waals surface area contributed by atoms with Gasteiger partial charge in [0, 0.05) is 25.7 Å². The van der Waals surface area contributed by atoms with Crippen LogP contribution in [0.25, 0.3) is 0 Å². The van der Waals surface area contributed by atoms with E-state index in [4.69, 9.17) is 4.74 Å². The van der Waals surface area contributed by atoms with E-state index in [0.717, 1.165) is 30.8 Å². The van der Waals surface area contributed by atoms with Gasteiger partial charge in [-0.1, -0.05) is 0 Å². The smallest absolute Gasteiger partial charge is 0.374 e. The van der Waals surface area contributed by atoms with Gasteiger partial charge in [0.1, 0.15) is 6.54 Å². The molecule has 0 spiro atoms. The fourth-order valence-electron chi connectivity index (χ4n) is 2.92. The van der Waals surface area contributed by atoms with Gasteiger partial charge in [-0.05, 0) is 32.7 Å². The summed E-state index contributed by atoms with van der Waals surface area (Å²) >= 11 is 0. The van der Waals surface area contributed by atoms with Crippen molar-refractivity contribution in [3.05, 3.63) is 0 Å². The predicted octanol–water partition coefficient (Wildman–Crippen LogP) is 1.10. The van der Waals surface area contributed by atoms with Crippen LogP contribution < -0.4 is 5.32 Å². The number of carbonyl (C=O) groups excluding carboxylic acids is 1. The summed E-state index contributed by atoms with van der Waals surface area (Å²) in [6, 6.07) is -0.358. The SMILES string of the molecule is C[C@@H](C1CC1)N(CC(F)(F)F)C(=O)CNC[C@@H]1CN(C)CCO1. The van der Waals surface area contributed by atoms with Crippen LogP contribution in [0.1, 0.15) is 19.8 Å². The lowest BCUT2D eigenvalue weighted by molar-refractivity contribution is -0.165. The molecule has 1 N–H and O–H groups in total. The highest BCUT2D eigenvalue weighted by atomic mass is 19.4. The summed E-state index contributed by atoms with van der Waals surface area (Å²) < 4.78 is 43.7. The maximum atomic E-state index is 12.7. The maximum absolute atomic E-state index is 12.7. The van der Waals surface area contributed by atoms with E-state index in [2.05, 4.69) is 10.2 Å². The molecule has 2 aliphatic rings. The Morgan fingerprint density at radius 3 is 2.70 bits per heavy atom. The molecule has 0 aromatic rings. The van der Waals surface area contributed by atoms with E-state index in [1.54, 1.807) is 6.92 Å². The quantitative estimate of drug-likeness (QED) is 0.756. The summed E-state index contributed by atoms with van der Waals surface area (Å²) in [5.41, 5.74) is 0.